The third-order valence-corrected chi connectivity index (χ3v) is 6.30. The van der Waals surface area contributed by atoms with Crippen LogP contribution in [0.15, 0.2) is 47.5 Å². The van der Waals surface area contributed by atoms with Crippen molar-refractivity contribution in [2.45, 2.75) is 24.5 Å². The molecule has 0 fully saturated rings. The number of ether oxygens (including phenoxy) is 1. The van der Waals surface area contributed by atoms with E-state index in [1.165, 1.54) is 16.9 Å². The lowest BCUT2D eigenvalue weighted by Gasteiger charge is -2.18. The zero-order chi connectivity index (χ0) is 20.1. The number of esters is 1. The summed E-state index contributed by atoms with van der Waals surface area (Å²) in [5.74, 6) is -1.06. The molecule has 2 aromatic heterocycles. The van der Waals surface area contributed by atoms with Gasteiger partial charge < -0.3 is 9.94 Å². The van der Waals surface area contributed by atoms with Crippen molar-refractivity contribution >= 4 is 15.8 Å². The molecule has 1 aliphatic rings. The number of hydrogen-bond donors (Lipinski definition) is 0. The summed E-state index contributed by atoms with van der Waals surface area (Å²) in [6.45, 7) is 3.46. The number of carbonyl (C=O) groups is 1. The largest absolute Gasteiger partial charge is 0.618 e. The second kappa shape index (κ2) is 6.45. The van der Waals surface area contributed by atoms with Crippen LogP contribution in [0.1, 0.15) is 28.7 Å². The van der Waals surface area contributed by atoms with Crippen molar-refractivity contribution in [1.82, 2.24) is 9.78 Å². The molecule has 0 spiro atoms. The first-order chi connectivity index (χ1) is 13.3. The van der Waals surface area contributed by atoms with Crippen molar-refractivity contribution in [2.75, 3.05) is 6.61 Å². The number of nitrogens with zero attached hydrogens (tertiary/aromatic N) is 3. The van der Waals surface area contributed by atoms with E-state index in [1.807, 2.05) is 0 Å². The topological polar surface area (TPSA) is 105 Å². The summed E-state index contributed by atoms with van der Waals surface area (Å²) in [7, 11) is -3.64. The number of pyridine rings is 1. The van der Waals surface area contributed by atoms with E-state index in [0.29, 0.717) is 27.4 Å². The normalized spacial score (nSPS) is 14.2. The lowest BCUT2D eigenvalue weighted by molar-refractivity contribution is -0.612. The van der Waals surface area contributed by atoms with Crippen LogP contribution in [-0.4, -0.2) is 30.8 Å². The predicted molar refractivity (Wildman–Crippen MR) is 99.5 cm³/mol. The summed E-state index contributed by atoms with van der Waals surface area (Å²) in [6.07, 6.45) is 1.34. The Hall–Kier alpha value is -3.20. The molecule has 4 rings (SSSR count). The van der Waals surface area contributed by atoms with Gasteiger partial charge in [-0.15, -0.1) is 0 Å². The van der Waals surface area contributed by atoms with Gasteiger partial charge in [0.1, 0.15) is 5.69 Å². The minimum atomic E-state index is -3.64. The highest BCUT2D eigenvalue weighted by Crippen LogP contribution is 2.40. The monoisotopic (exact) mass is 399 g/mol. The lowest BCUT2D eigenvalue weighted by Crippen LogP contribution is -2.30. The molecule has 0 saturated heterocycles. The molecule has 0 amide bonds. The van der Waals surface area contributed by atoms with Crippen LogP contribution in [-0.2, 0) is 20.3 Å². The molecular formula is C19H17N3O5S. The van der Waals surface area contributed by atoms with Crippen LogP contribution in [0, 0.1) is 12.1 Å². The van der Waals surface area contributed by atoms with Crippen molar-refractivity contribution in [2.24, 2.45) is 0 Å². The number of rotatable bonds is 3. The molecule has 28 heavy (non-hydrogen) atoms. The third-order valence-electron chi connectivity index (χ3n) is 4.60. The van der Waals surface area contributed by atoms with E-state index >= 15 is 0 Å². The zero-order valence-electron chi connectivity index (χ0n) is 15.2. The van der Waals surface area contributed by atoms with Crippen molar-refractivity contribution in [3.05, 3.63) is 64.8 Å². The number of fused-ring (bicyclic) bond motifs is 3. The molecule has 1 aliphatic heterocycles. The Morgan fingerprint density at radius 1 is 1.29 bits per heavy atom. The third kappa shape index (κ3) is 2.75. The first-order valence-corrected chi connectivity index (χ1v) is 10.3. The maximum atomic E-state index is 12.8. The number of sulfone groups is 1. The molecule has 3 heterocycles. The van der Waals surface area contributed by atoms with Crippen LogP contribution in [0.3, 0.4) is 0 Å². The summed E-state index contributed by atoms with van der Waals surface area (Å²) in [5, 5.41) is 16.4. The molecule has 144 valence electrons. The Kier molecular flexibility index (Phi) is 4.19. The van der Waals surface area contributed by atoms with Crippen LogP contribution in [0.25, 0.3) is 16.9 Å². The summed E-state index contributed by atoms with van der Waals surface area (Å²) in [4.78, 5) is 12.6. The Morgan fingerprint density at radius 3 is 2.75 bits per heavy atom. The molecule has 0 saturated carbocycles. The van der Waals surface area contributed by atoms with Gasteiger partial charge in [-0.1, -0.05) is 18.2 Å². The fourth-order valence-corrected chi connectivity index (χ4v) is 4.88. The Balaban J connectivity index is 2.05. The van der Waals surface area contributed by atoms with Gasteiger partial charge in [0.2, 0.25) is 6.20 Å². The molecule has 3 aromatic rings. The van der Waals surface area contributed by atoms with Gasteiger partial charge in [0, 0.05) is 24.1 Å². The van der Waals surface area contributed by atoms with Crippen LogP contribution in [0.5, 0.6) is 0 Å². The number of hydrogen-bond acceptors (Lipinski definition) is 6. The summed E-state index contributed by atoms with van der Waals surface area (Å²) in [5.41, 5.74) is 2.03. The van der Waals surface area contributed by atoms with E-state index in [-0.39, 0.29) is 28.5 Å². The van der Waals surface area contributed by atoms with E-state index in [4.69, 9.17) is 4.74 Å². The van der Waals surface area contributed by atoms with Crippen LogP contribution >= 0.6 is 0 Å². The van der Waals surface area contributed by atoms with E-state index in [0.717, 1.165) is 0 Å². The standard InChI is InChI=1S/C19H17N3O5S/c1-3-27-19(23)17-15-11-28(25,26)16-7-5-4-6-14(16)18(15)22(20-17)13-9-8-12(2)21(24)10-13/h4-10H,3,11H2,1-2H3. The summed E-state index contributed by atoms with van der Waals surface area (Å²) in [6, 6.07) is 9.87. The van der Waals surface area contributed by atoms with Crippen LogP contribution in [0.2, 0.25) is 0 Å². The second-order valence-corrected chi connectivity index (χ2v) is 8.38. The van der Waals surface area contributed by atoms with E-state index in [1.54, 1.807) is 44.2 Å². The maximum absolute atomic E-state index is 12.8. The highest BCUT2D eigenvalue weighted by atomic mass is 32.2. The first-order valence-electron chi connectivity index (χ1n) is 8.65. The van der Waals surface area contributed by atoms with Crippen LogP contribution < -0.4 is 4.73 Å². The van der Waals surface area contributed by atoms with Gasteiger partial charge in [0.25, 0.3) is 0 Å². The van der Waals surface area contributed by atoms with E-state index in [2.05, 4.69) is 5.10 Å². The fraction of sp³-hybridized carbons (Fsp3) is 0.211. The molecule has 8 nitrogen and oxygen atoms in total. The van der Waals surface area contributed by atoms with Gasteiger partial charge in [-0.3, -0.25) is 0 Å². The minimum Gasteiger partial charge on any atom is -0.618 e. The van der Waals surface area contributed by atoms with Gasteiger partial charge >= 0.3 is 5.97 Å². The van der Waals surface area contributed by atoms with Crippen molar-refractivity contribution < 1.29 is 22.7 Å². The highest BCUT2D eigenvalue weighted by Gasteiger charge is 2.36. The molecule has 9 heteroatoms. The molecular weight excluding hydrogens is 382 g/mol. The number of carbonyl (C=O) groups excluding carboxylic acids is 1. The molecule has 0 bridgehead atoms. The van der Waals surface area contributed by atoms with E-state index in [9.17, 15) is 18.4 Å². The Bertz CT molecular complexity index is 1210. The Labute approximate surface area is 161 Å². The van der Waals surface area contributed by atoms with E-state index < -0.39 is 15.8 Å². The van der Waals surface area contributed by atoms with Crippen molar-refractivity contribution in [3.8, 4) is 16.9 Å². The SMILES string of the molecule is CCOC(=O)c1nn(-c2ccc(C)[n+]([O-])c2)c2c1CS(=O)(=O)c1ccccc1-2. The first kappa shape index (κ1) is 18.2. The van der Waals surface area contributed by atoms with Gasteiger partial charge in [-0.2, -0.15) is 9.83 Å². The highest BCUT2D eigenvalue weighted by molar-refractivity contribution is 7.90. The van der Waals surface area contributed by atoms with Crippen LogP contribution in [0.4, 0.5) is 0 Å². The van der Waals surface area contributed by atoms with Gasteiger partial charge in [-0.05, 0) is 19.1 Å². The molecule has 0 radical (unpaired) electrons. The van der Waals surface area contributed by atoms with Gasteiger partial charge in [0.15, 0.2) is 21.2 Å². The van der Waals surface area contributed by atoms with Gasteiger partial charge in [-0.25, -0.2) is 17.9 Å². The molecule has 1 aromatic carbocycles. The molecule has 0 unspecified atom stereocenters. The number of benzene rings is 1. The predicted octanol–water partition coefficient (Wildman–Crippen LogP) is 1.95. The zero-order valence-corrected chi connectivity index (χ0v) is 16.1. The second-order valence-electron chi connectivity index (χ2n) is 6.42. The number of aryl methyl sites for hydroxylation is 1. The Morgan fingerprint density at radius 2 is 2.04 bits per heavy atom. The smallest absolute Gasteiger partial charge is 0.359 e. The molecule has 0 atom stereocenters. The quantitative estimate of drug-likeness (QED) is 0.379. The van der Waals surface area contributed by atoms with Gasteiger partial charge in [0.05, 0.1) is 22.9 Å². The maximum Gasteiger partial charge on any atom is 0.359 e. The minimum absolute atomic E-state index is 0.0621. The average molecular weight is 399 g/mol. The van der Waals surface area contributed by atoms with Crippen molar-refractivity contribution in [3.63, 3.8) is 0 Å². The lowest BCUT2D eigenvalue weighted by atomic mass is 10.1. The number of aromatic nitrogens is 3. The molecule has 0 N–H and O–H groups in total. The fourth-order valence-electron chi connectivity index (χ4n) is 3.28. The average Bonchev–Trinajstić information content (AvgIpc) is 3.03. The summed E-state index contributed by atoms with van der Waals surface area (Å²) >= 11 is 0. The molecule has 0 aliphatic carbocycles. The van der Waals surface area contributed by atoms with Crippen molar-refractivity contribution in [1.29, 1.82) is 0 Å². The summed E-state index contributed by atoms with van der Waals surface area (Å²) < 4.78 is 32.7.